The summed E-state index contributed by atoms with van der Waals surface area (Å²) in [5, 5.41) is 3.19. The molecule has 3 rings (SSSR count). The van der Waals surface area contributed by atoms with Gasteiger partial charge in [-0.25, -0.2) is 4.98 Å². The molecule has 1 fully saturated rings. The van der Waals surface area contributed by atoms with E-state index in [1.165, 1.54) is 19.3 Å². The van der Waals surface area contributed by atoms with E-state index < -0.39 is 0 Å². The highest BCUT2D eigenvalue weighted by Gasteiger charge is 2.41. The molecule has 20 heavy (non-hydrogen) atoms. The highest BCUT2D eigenvalue weighted by Crippen LogP contribution is 2.41. The number of aromatic nitrogens is 2. The fraction of sp³-hybridized carbons (Fsp3) is 0.688. The fourth-order valence-electron chi connectivity index (χ4n) is 3.08. The van der Waals surface area contributed by atoms with Crippen LogP contribution in [0.2, 0.25) is 0 Å². The quantitative estimate of drug-likeness (QED) is 0.917. The van der Waals surface area contributed by atoms with Crippen molar-refractivity contribution in [1.29, 1.82) is 0 Å². The van der Waals surface area contributed by atoms with E-state index in [0.29, 0.717) is 11.6 Å². The summed E-state index contributed by atoms with van der Waals surface area (Å²) < 4.78 is 0. The molecule has 1 aromatic rings. The number of hydrogen-bond acceptors (Lipinski definition) is 3. The zero-order chi connectivity index (χ0) is 14.2. The Morgan fingerprint density at radius 3 is 2.70 bits per heavy atom. The van der Waals surface area contributed by atoms with Crippen LogP contribution in [-0.4, -0.2) is 21.4 Å². The molecular weight excluding hydrogens is 250 g/mol. The van der Waals surface area contributed by atoms with Gasteiger partial charge < -0.3 is 5.32 Å². The highest BCUT2D eigenvalue weighted by atomic mass is 16.2. The van der Waals surface area contributed by atoms with Gasteiger partial charge >= 0.3 is 0 Å². The molecule has 108 valence electrons. The number of carbonyl (C=O) groups excluding carboxylic acids is 1. The number of fused-ring (bicyclic) bond motifs is 1. The summed E-state index contributed by atoms with van der Waals surface area (Å²) >= 11 is 0. The van der Waals surface area contributed by atoms with Gasteiger partial charge in [0, 0.05) is 5.54 Å². The van der Waals surface area contributed by atoms with E-state index in [-0.39, 0.29) is 11.4 Å². The number of rotatable bonds is 4. The first-order chi connectivity index (χ1) is 9.62. The van der Waals surface area contributed by atoms with E-state index in [9.17, 15) is 4.79 Å². The van der Waals surface area contributed by atoms with Gasteiger partial charge in [-0.2, -0.15) is 0 Å². The Kier molecular flexibility index (Phi) is 3.48. The highest BCUT2D eigenvalue weighted by molar-refractivity contribution is 5.92. The summed E-state index contributed by atoms with van der Waals surface area (Å²) in [4.78, 5) is 21.4. The summed E-state index contributed by atoms with van der Waals surface area (Å²) in [6.45, 7) is 4.28. The van der Waals surface area contributed by atoms with Crippen LogP contribution >= 0.6 is 0 Å². The van der Waals surface area contributed by atoms with Crippen molar-refractivity contribution in [3.63, 3.8) is 0 Å². The Morgan fingerprint density at radius 2 is 2.05 bits per heavy atom. The second-order valence-corrected chi connectivity index (χ2v) is 6.36. The summed E-state index contributed by atoms with van der Waals surface area (Å²) in [6, 6.07) is 0. The maximum Gasteiger partial charge on any atom is 0.271 e. The molecule has 0 bridgehead atoms. The molecule has 0 aliphatic heterocycles. The average Bonchev–Trinajstić information content (AvgIpc) is 3.31. The lowest BCUT2D eigenvalue weighted by atomic mass is 9.92. The van der Waals surface area contributed by atoms with Gasteiger partial charge in [-0.05, 0) is 57.8 Å². The molecule has 1 aromatic heterocycles. The molecule has 0 saturated heterocycles. The maximum atomic E-state index is 12.4. The minimum atomic E-state index is -0.0886. The number of hydrogen-bond donors (Lipinski definition) is 1. The lowest BCUT2D eigenvalue weighted by molar-refractivity contribution is 0.0885. The first kappa shape index (κ1) is 13.5. The van der Waals surface area contributed by atoms with Gasteiger partial charge in [0.15, 0.2) is 0 Å². The number of nitrogens with zero attached hydrogens (tertiary/aromatic N) is 2. The Bertz CT molecular complexity index is 524. The predicted molar refractivity (Wildman–Crippen MR) is 77.6 cm³/mol. The fourth-order valence-corrected chi connectivity index (χ4v) is 3.08. The minimum Gasteiger partial charge on any atom is -0.345 e. The Labute approximate surface area is 120 Å². The van der Waals surface area contributed by atoms with Crippen LogP contribution in [0, 0.1) is 5.92 Å². The molecule has 1 amide bonds. The van der Waals surface area contributed by atoms with E-state index in [2.05, 4.69) is 29.1 Å². The van der Waals surface area contributed by atoms with Crippen LogP contribution in [0.5, 0.6) is 0 Å². The van der Waals surface area contributed by atoms with Gasteiger partial charge in [-0.1, -0.05) is 6.92 Å². The van der Waals surface area contributed by atoms with Gasteiger partial charge in [0.1, 0.15) is 5.69 Å². The van der Waals surface area contributed by atoms with E-state index in [1.807, 2.05) is 0 Å². The van der Waals surface area contributed by atoms with Gasteiger partial charge in [0.05, 0.1) is 17.6 Å². The number of nitrogens with one attached hydrogen (secondary N) is 1. The van der Waals surface area contributed by atoms with Crippen LogP contribution in [-0.2, 0) is 12.8 Å². The monoisotopic (exact) mass is 273 g/mol. The maximum absolute atomic E-state index is 12.4. The van der Waals surface area contributed by atoms with Crippen molar-refractivity contribution in [2.24, 2.45) is 5.92 Å². The number of amides is 1. The average molecular weight is 273 g/mol. The summed E-state index contributed by atoms with van der Waals surface area (Å²) in [5.74, 6) is 0.559. The second kappa shape index (κ2) is 5.15. The lowest BCUT2D eigenvalue weighted by Gasteiger charge is -2.29. The predicted octanol–water partition coefficient (Wildman–Crippen LogP) is 2.66. The second-order valence-electron chi connectivity index (χ2n) is 6.36. The third-order valence-corrected chi connectivity index (χ3v) is 4.85. The number of aryl methyl sites for hydroxylation is 2. The molecule has 4 heteroatoms. The molecule has 1 unspecified atom stereocenters. The molecule has 0 radical (unpaired) electrons. The molecule has 1 atom stereocenters. The minimum absolute atomic E-state index is 0.0675. The largest absolute Gasteiger partial charge is 0.345 e. The Morgan fingerprint density at radius 1 is 1.35 bits per heavy atom. The standard InChI is InChI=1S/C16H23N3O/c1-3-16(2,11-8-9-11)19-15(20)14-10-17-12-6-4-5-7-13(12)18-14/h10-11H,3-9H2,1-2H3,(H,19,20). The van der Waals surface area contributed by atoms with Crippen molar-refractivity contribution < 1.29 is 4.79 Å². The van der Waals surface area contributed by atoms with E-state index in [1.54, 1.807) is 6.20 Å². The smallest absolute Gasteiger partial charge is 0.271 e. The molecule has 1 saturated carbocycles. The molecule has 2 aliphatic carbocycles. The van der Waals surface area contributed by atoms with Crippen LogP contribution in [0.15, 0.2) is 6.20 Å². The summed E-state index contributed by atoms with van der Waals surface area (Å²) in [7, 11) is 0. The molecule has 4 nitrogen and oxygen atoms in total. The van der Waals surface area contributed by atoms with Crippen molar-refractivity contribution in [3.8, 4) is 0 Å². The first-order valence-electron chi connectivity index (χ1n) is 7.79. The van der Waals surface area contributed by atoms with Crippen LogP contribution in [0.25, 0.3) is 0 Å². The van der Waals surface area contributed by atoms with Crippen LogP contribution < -0.4 is 5.32 Å². The zero-order valence-corrected chi connectivity index (χ0v) is 12.4. The van der Waals surface area contributed by atoms with Crippen molar-refractivity contribution in [1.82, 2.24) is 15.3 Å². The summed E-state index contributed by atoms with van der Waals surface area (Å²) in [6.07, 6.45) is 9.34. The van der Waals surface area contributed by atoms with E-state index >= 15 is 0 Å². The van der Waals surface area contributed by atoms with Gasteiger partial charge in [-0.15, -0.1) is 0 Å². The van der Waals surface area contributed by atoms with Crippen molar-refractivity contribution in [3.05, 3.63) is 23.3 Å². The molecule has 0 spiro atoms. The SMILES string of the molecule is CCC(C)(NC(=O)c1cnc2c(n1)CCCC2)C1CC1. The van der Waals surface area contributed by atoms with E-state index in [0.717, 1.165) is 37.1 Å². The third-order valence-electron chi connectivity index (χ3n) is 4.85. The number of carbonyl (C=O) groups is 1. The van der Waals surface area contributed by atoms with Gasteiger partial charge in [0.25, 0.3) is 5.91 Å². The van der Waals surface area contributed by atoms with E-state index in [4.69, 9.17) is 0 Å². The molecule has 2 aliphatic rings. The first-order valence-corrected chi connectivity index (χ1v) is 7.79. The van der Waals surface area contributed by atoms with Crippen LogP contribution in [0.4, 0.5) is 0 Å². The molecule has 1 N–H and O–H groups in total. The Hall–Kier alpha value is -1.45. The molecule has 1 heterocycles. The lowest BCUT2D eigenvalue weighted by Crippen LogP contribution is -2.47. The van der Waals surface area contributed by atoms with Gasteiger partial charge in [-0.3, -0.25) is 9.78 Å². The normalized spacial score (nSPS) is 20.9. The van der Waals surface area contributed by atoms with Crippen molar-refractivity contribution in [2.75, 3.05) is 0 Å². The third kappa shape index (κ3) is 2.56. The Balaban J connectivity index is 1.76. The zero-order valence-electron chi connectivity index (χ0n) is 12.4. The van der Waals surface area contributed by atoms with Crippen molar-refractivity contribution in [2.45, 2.75) is 64.3 Å². The van der Waals surface area contributed by atoms with Crippen molar-refractivity contribution >= 4 is 5.91 Å². The van der Waals surface area contributed by atoms with Gasteiger partial charge in [0.2, 0.25) is 0 Å². The van der Waals surface area contributed by atoms with Crippen LogP contribution in [0.1, 0.15) is 67.8 Å². The topological polar surface area (TPSA) is 54.9 Å². The molecule has 0 aromatic carbocycles. The van der Waals surface area contributed by atoms with Crippen LogP contribution in [0.3, 0.4) is 0 Å². The molecular formula is C16H23N3O. The summed E-state index contributed by atoms with van der Waals surface area (Å²) in [5.41, 5.74) is 2.49.